The van der Waals surface area contributed by atoms with Crippen LogP contribution in [-0.4, -0.2) is 33.2 Å². The number of rotatable bonds is 7. The Balaban J connectivity index is 1.88. The summed E-state index contributed by atoms with van der Waals surface area (Å²) in [7, 11) is 3.20. The van der Waals surface area contributed by atoms with E-state index < -0.39 is 5.91 Å². The zero-order chi connectivity index (χ0) is 21.5. The molecule has 2 aromatic carbocycles. The molecule has 1 fully saturated rings. The van der Waals surface area contributed by atoms with E-state index in [9.17, 15) is 10.1 Å². The number of nitrogens with one attached hydrogen (secondary N) is 1. The van der Waals surface area contributed by atoms with Crippen LogP contribution in [0.1, 0.15) is 36.9 Å². The van der Waals surface area contributed by atoms with Gasteiger partial charge in [0.15, 0.2) is 0 Å². The minimum Gasteiger partial charge on any atom is -0.496 e. The molecule has 1 aliphatic rings. The van der Waals surface area contributed by atoms with Gasteiger partial charge in [0.05, 0.1) is 25.9 Å². The Morgan fingerprint density at radius 3 is 2.40 bits per heavy atom. The minimum absolute atomic E-state index is 0.00653. The fraction of sp³-hybridized carbons (Fsp3) is 0.333. The van der Waals surface area contributed by atoms with Crippen molar-refractivity contribution in [2.45, 2.75) is 25.8 Å². The fourth-order valence-corrected chi connectivity index (χ4v) is 3.63. The van der Waals surface area contributed by atoms with Crippen LogP contribution in [0.3, 0.4) is 0 Å². The predicted octanol–water partition coefficient (Wildman–Crippen LogP) is 4.09. The third-order valence-electron chi connectivity index (χ3n) is 5.29. The summed E-state index contributed by atoms with van der Waals surface area (Å²) < 4.78 is 11.1. The first-order valence-corrected chi connectivity index (χ1v) is 10.1. The monoisotopic (exact) mass is 405 g/mol. The molecule has 2 aromatic rings. The van der Waals surface area contributed by atoms with Gasteiger partial charge < -0.3 is 19.7 Å². The van der Waals surface area contributed by atoms with Gasteiger partial charge in [-0.1, -0.05) is 30.3 Å². The molecule has 6 heteroatoms. The number of amides is 1. The van der Waals surface area contributed by atoms with Gasteiger partial charge >= 0.3 is 0 Å². The molecule has 1 aliphatic heterocycles. The van der Waals surface area contributed by atoms with Crippen molar-refractivity contribution in [3.8, 4) is 17.6 Å². The van der Waals surface area contributed by atoms with E-state index >= 15 is 0 Å². The quantitative estimate of drug-likeness (QED) is 0.555. The molecule has 1 N–H and O–H groups in total. The molecule has 6 nitrogen and oxygen atoms in total. The maximum atomic E-state index is 12.7. The summed E-state index contributed by atoms with van der Waals surface area (Å²) in [5.41, 5.74) is 2.56. The van der Waals surface area contributed by atoms with Crippen molar-refractivity contribution < 1.29 is 14.3 Å². The molecule has 1 heterocycles. The molecule has 0 radical (unpaired) electrons. The van der Waals surface area contributed by atoms with E-state index in [-0.39, 0.29) is 11.6 Å². The summed E-state index contributed by atoms with van der Waals surface area (Å²) >= 11 is 0. The molecule has 0 saturated carbocycles. The lowest BCUT2D eigenvalue weighted by Crippen LogP contribution is -2.27. The van der Waals surface area contributed by atoms with Gasteiger partial charge in [0.1, 0.15) is 23.1 Å². The Morgan fingerprint density at radius 1 is 1.13 bits per heavy atom. The largest absolute Gasteiger partial charge is 0.496 e. The maximum Gasteiger partial charge on any atom is 0.262 e. The molecule has 0 aliphatic carbocycles. The molecule has 0 aromatic heterocycles. The standard InChI is InChI=1S/C24H27N3O3/c1-17(18-9-5-4-6-10-18)26-24(28)20(16-25)13-19-14-23(30-3)21(15-22(19)29-2)27-11-7-8-12-27/h4-6,9-10,13-15,17H,7-8,11-12H2,1-3H3,(H,26,28)/b20-13-/t17-/m0/s1. The van der Waals surface area contributed by atoms with Crippen LogP contribution in [0.4, 0.5) is 5.69 Å². The van der Waals surface area contributed by atoms with E-state index in [1.165, 1.54) is 0 Å². The molecule has 1 atom stereocenters. The third-order valence-corrected chi connectivity index (χ3v) is 5.29. The van der Waals surface area contributed by atoms with Crippen LogP contribution < -0.4 is 19.7 Å². The number of hydrogen-bond donors (Lipinski definition) is 1. The zero-order valence-electron chi connectivity index (χ0n) is 17.6. The van der Waals surface area contributed by atoms with Gasteiger partial charge in [-0.2, -0.15) is 5.26 Å². The van der Waals surface area contributed by atoms with Crippen molar-refractivity contribution in [2.75, 3.05) is 32.2 Å². The van der Waals surface area contributed by atoms with E-state index in [2.05, 4.69) is 10.2 Å². The van der Waals surface area contributed by atoms with Crippen LogP contribution in [0.25, 0.3) is 6.08 Å². The van der Waals surface area contributed by atoms with E-state index in [0.29, 0.717) is 17.1 Å². The summed E-state index contributed by atoms with van der Waals surface area (Å²) in [6.45, 7) is 3.83. The number of carbonyl (C=O) groups is 1. The molecular weight excluding hydrogens is 378 g/mol. The number of hydrogen-bond acceptors (Lipinski definition) is 5. The molecule has 1 amide bonds. The average Bonchev–Trinajstić information content (AvgIpc) is 3.32. The lowest BCUT2D eigenvalue weighted by molar-refractivity contribution is -0.117. The summed E-state index contributed by atoms with van der Waals surface area (Å²) in [5.74, 6) is 0.854. The lowest BCUT2D eigenvalue weighted by Gasteiger charge is -2.22. The highest BCUT2D eigenvalue weighted by atomic mass is 16.5. The Morgan fingerprint density at radius 2 is 1.80 bits per heavy atom. The predicted molar refractivity (Wildman–Crippen MR) is 118 cm³/mol. The van der Waals surface area contributed by atoms with Crippen molar-refractivity contribution in [1.82, 2.24) is 5.32 Å². The van der Waals surface area contributed by atoms with Crippen LogP contribution >= 0.6 is 0 Å². The highest BCUT2D eigenvalue weighted by Crippen LogP contribution is 2.38. The summed E-state index contributed by atoms with van der Waals surface area (Å²) in [6, 6.07) is 15.1. The van der Waals surface area contributed by atoms with Gasteiger partial charge in [-0.15, -0.1) is 0 Å². The number of nitriles is 1. The Hall–Kier alpha value is -3.46. The molecule has 3 rings (SSSR count). The fourth-order valence-electron chi connectivity index (χ4n) is 3.63. The van der Waals surface area contributed by atoms with Crippen molar-refractivity contribution >= 4 is 17.7 Å². The Labute approximate surface area is 177 Å². The molecule has 156 valence electrons. The molecule has 30 heavy (non-hydrogen) atoms. The molecule has 0 unspecified atom stereocenters. The number of anilines is 1. The normalized spacial score (nSPS) is 14.7. The minimum atomic E-state index is -0.432. The first-order chi connectivity index (χ1) is 14.6. The molecular formula is C24H27N3O3. The molecule has 1 saturated heterocycles. The van der Waals surface area contributed by atoms with E-state index in [0.717, 1.165) is 37.2 Å². The number of benzene rings is 2. The lowest BCUT2D eigenvalue weighted by atomic mass is 10.1. The van der Waals surface area contributed by atoms with Crippen LogP contribution in [-0.2, 0) is 4.79 Å². The highest BCUT2D eigenvalue weighted by molar-refractivity contribution is 6.02. The van der Waals surface area contributed by atoms with Crippen LogP contribution in [0.5, 0.6) is 11.5 Å². The van der Waals surface area contributed by atoms with Gasteiger partial charge in [-0.25, -0.2) is 0 Å². The van der Waals surface area contributed by atoms with Crippen LogP contribution in [0.15, 0.2) is 48.0 Å². The van der Waals surface area contributed by atoms with Crippen molar-refractivity contribution in [1.29, 1.82) is 5.26 Å². The summed E-state index contributed by atoms with van der Waals surface area (Å²) in [4.78, 5) is 15.0. The average molecular weight is 405 g/mol. The smallest absolute Gasteiger partial charge is 0.262 e. The Kier molecular flexibility index (Phi) is 6.97. The second kappa shape index (κ2) is 9.84. The van der Waals surface area contributed by atoms with Crippen LogP contribution in [0, 0.1) is 11.3 Å². The topological polar surface area (TPSA) is 74.6 Å². The van der Waals surface area contributed by atoms with Crippen molar-refractivity contribution in [3.63, 3.8) is 0 Å². The summed E-state index contributed by atoms with van der Waals surface area (Å²) in [5, 5.41) is 12.5. The van der Waals surface area contributed by atoms with Gasteiger partial charge in [0.25, 0.3) is 5.91 Å². The van der Waals surface area contributed by atoms with Gasteiger partial charge in [-0.05, 0) is 37.5 Å². The molecule has 0 bridgehead atoms. The Bertz CT molecular complexity index is 958. The summed E-state index contributed by atoms with van der Waals surface area (Å²) in [6.07, 6.45) is 3.83. The van der Waals surface area contributed by atoms with Crippen molar-refractivity contribution in [2.24, 2.45) is 0 Å². The van der Waals surface area contributed by atoms with E-state index in [1.807, 2.05) is 55.5 Å². The first-order valence-electron chi connectivity index (χ1n) is 10.1. The van der Waals surface area contributed by atoms with E-state index in [1.54, 1.807) is 20.3 Å². The number of methoxy groups -OCH3 is 2. The van der Waals surface area contributed by atoms with E-state index in [4.69, 9.17) is 9.47 Å². The second-order valence-electron chi connectivity index (χ2n) is 7.24. The number of ether oxygens (including phenoxy) is 2. The number of carbonyl (C=O) groups excluding carboxylic acids is 1. The SMILES string of the molecule is COc1cc(N2CCCC2)c(OC)cc1/C=C(/C#N)C(=O)N[C@@H](C)c1ccccc1. The third kappa shape index (κ3) is 4.74. The van der Waals surface area contributed by atoms with Crippen molar-refractivity contribution in [3.05, 3.63) is 59.2 Å². The zero-order valence-corrected chi connectivity index (χ0v) is 17.6. The first kappa shape index (κ1) is 21.3. The van der Waals surface area contributed by atoms with Crippen LogP contribution in [0.2, 0.25) is 0 Å². The van der Waals surface area contributed by atoms with Gasteiger partial charge in [-0.3, -0.25) is 4.79 Å². The molecule has 0 spiro atoms. The second-order valence-corrected chi connectivity index (χ2v) is 7.24. The highest BCUT2D eigenvalue weighted by Gasteiger charge is 2.20. The number of nitrogens with zero attached hydrogens (tertiary/aromatic N) is 2. The van der Waals surface area contributed by atoms with Gasteiger partial charge in [0.2, 0.25) is 0 Å². The maximum absolute atomic E-state index is 12.7. The van der Waals surface area contributed by atoms with Gasteiger partial charge in [0, 0.05) is 24.7 Å².